The summed E-state index contributed by atoms with van der Waals surface area (Å²) in [5, 5.41) is 6.80. The fourth-order valence-electron chi connectivity index (χ4n) is 3.10. The van der Waals surface area contributed by atoms with Crippen molar-refractivity contribution < 1.29 is 9.32 Å². The average Bonchev–Trinajstić information content (AvgIpc) is 2.85. The second kappa shape index (κ2) is 5.93. The van der Waals surface area contributed by atoms with Crippen LogP contribution in [0.1, 0.15) is 28.1 Å². The first-order chi connectivity index (χ1) is 10.6. The molecule has 0 saturated carbocycles. The number of hydrogen-bond acceptors (Lipinski definition) is 4. The topological polar surface area (TPSA) is 58.4 Å². The Hall–Kier alpha value is -2.14. The lowest BCUT2D eigenvalue weighted by Gasteiger charge is -2.35. The molecule has 0 spiro atoms. The number of hydrogen-bond donors (Lipinski definition) is 1. The molecule has 1 amide bonds. The molecule has 1 aromatic carbocycles. The van der Waals surface area contributed by atoms with E-state index in [-0.39, 0.29) is 11.9 Å². The van der Waals surface area contributed by atoms with Gasteiger partial charge in [-0.15, -0.1) is 0 Å². The number of benzene rings is 1. The third kappa shape index (κ3) is 2.64. The summed E-state index contributed by atoms with van der Waals surface area (Å²) in [4.78, 5) is 14.5. The highest BCUT2D eigenvalue weighted by atomic mass is 16.5. The van der Waals surface area contributed by atoms with E-state index in [4.69, 9.17) is 4.52 Å². The van der Waals surface area contributed by atoms with Gasteiger partial charge >= 0.3 is 0 Å². The van der Waals surface area contributed by atoms with Crippen LogP contribution in [0.25, 0.3) is 0 Å². The van der Waals surface area contributed by atoms with Crippen LogP contribution in [0, 0.1) is 13.8 Å². The number of fused-ring (bicyclic) bond motifs is 1. The van der Waals surface area contributed by atoms with Gasteiger partial charge in [0.2, 0.25) is 5.91 Å². The number of amides is 1. The molecule has 116 valence electrons. The van der Waals surface area contributed by atoms with E-state index in [0.29, 0.717) is 6.54 Å². The van der Waals surface area contributed by atoms with E-state index >= 15 is 0 Å². The smallest absolute Gasteiger partial charge is 0.237 e. The summed E-state index contributed by atoms with van der Waals surface area (Å²) in [7, 11) is 1.69. The molecule has 0 fully saturated rings. The molecule has 1 N–H and O–H groups in total. The molecule has 0 unspecified atom stereocenters. The largest absolute Gasteiger partial charge is 0.361 e. The molecule has 1 aliphatic rings. The van der Waals surface area contributed by atoms with Gasteiger partial charge in [-0.1, -0.05) is 29.4 Å². The van der Waals surface area contributed by atoms with E-state index in [1.54, 1.807) is 7.05 Å². The zero-order valence-electron chi connectivity index (χ0n) is 13.2. The van der Waals surface area contributed by atoms with Gasteiger partial charge in [-0.2, -0.15) is 0 Å². The molecule has 2 heterocycles. The Balaban J connectivity index is 1.91. The van der Waals surface area contributed by atoms with Gasteiger partial charge in [-0.3, -0.25) is 9.69 Å². The maximum absolute atomic E-state index is 12.3. The number of likely N-dealkylation sites (N-methyl/N-ethyl adjacent to an activating group) is 1. The highest BCUT2D eigenvalue weighted by Crippen LogP contribution is 2.26. The van der Waals surface area contributed by atoms with E-state index in [1.807, 2.05) is 26.0 Å². The lowest BCUT2D eigenvalue weighted by molar-refractivity contribution is -0.126. The number of carbonyl (C=O) groups excluding carboxylic acids is 1. The molecule has 2 aromatic rings. The van der Waals surface area contributed by atoms with Crippen LogP contribution in [-0.4, -0.2) is 29.1 Å². The van der Waals surface area contributed by atoms with Crippen LogP contribution in [0.4, 0.5) is 0 Å². The summed E-state index contributed by atoms with van der Waals surface area (Å²) in [6.45, 7) is 5.30. The number of rotatable bonds is 3. The molecule has 3 rings (SSSR count). The minimum absolute atomic E-state index is 0.0567. The molecule has 0 aliphatic carbocycles. The number of carbonyl (C=O) groups is 1. The van der Waals surface area contributed by atoms with E-state index in [2.05, 4.69) is 27.5 Å². The molecule has 1 atom stereocenters. The first-order valence-corrected chi connectivity index (χ1v) is 7.54. The van der Waals surface area contributed by atoms with E-state index in [1.165, 1.54) is 11.1 Å². The minimum atomic E-state index is -0.159. The van der Waals surface area contributed by atoms with Crippen molar-refractivity contribution in [2.24, 2.45) is 0 Å². The summed E-state index contributed by atoms with van der Waals surface area (Å²) in [6.07, 6.45) is 0.735. The van der Waals surface area contributed by atoms with E-state index in [9.17, 15) is 4.79 Å². The Morgan fingerprint density at radius 3 is 2.73 bits per heavy atom. The van der Waals surface area contributed by atoms with Crippen LogP contribution in [0.2, 0.25) is 0 Å². The zero-order valence-corrected chi connectivity index (χ0v) is 13.2. The second-order valence-corrected chi connectivity index (χ2v) is 5.81. The monoisotopic (exact) mass is 299 g/mol. The van der Waals surface area contributed by atoms with Gasteiger partial charge in [0.25, 0.3) is 0 Å². The van der Waals surface area contributed by atoms with Gasteiger partial charge in [-0.05, 0) is 31.4 Å². The summed E-state index contributed by atoms with van der Waals surface area (Å²) < 4.78 is 5.25. The third-order valence-corrected chi connectivity index (χ3v) is 4.44. The first kappa shape index (κ1) is 14.8. The summed E-state index contributed by atoms with van der Waals surface area (Å²) >= 11 is 0. The fourth-order valence-corrected chi connectivity index (χ4v) is 3.10. The molecule has 1 aliphatic heterocycles. The lowest BCUT2D eigenvalue weighted by Crippen LogP contribution is -2.49. The van der Waals surface area contributed by atoms with Crippen LogP contribution < -0.4 is 5.32 Å². The number of nitrogens with one attached hydrogen (secondary N) is 1. The third-order valence-electron chi connectivity index (χ3n) is 4.44. The highest BCUT2D eigenvalue weighted by molar-refractivity contribution is 5.82. The Bertz CT molecular complexity index is 673. The fraction of sp³-hybridized carbons (Fsp3) is 0.412. The quantitative estimate of drug-likeness (QED) is 0.941. The normalized spacial score (nSPS) is 18.0. The lowest BCUT2D eigenvalue weighted by atomic mass is 9.93. The van der Waals surface area contributed by atoms with Crippen LogP contribution in [0.3, 0.4) is 0 Å². The van der Waals surface area contributed by atoms with Crippen molar-refractivity contribution in [1.82, 2.24) is 15.4 Å². The molecule has 22 heavy (non-hydrogen) atoms. The zero-order chi connectivity index (χ0) is 15.7. The highest BCUT2D eigenvalue weighted by Gasteiger charge is 2.31. The second-order valence-electron chi connectivity index (χ2n) is 5.81. The van der Waals surface area contributed by atoms with Gasteiger partial charge in [0.1, 0.15) is 5.76 Å². The van der Waals surface area contributed by atoms with Crippen molar-refractivity contribution in [2.75, 3.05) is 7.05 Å². The van der Waals surface area contributed by atoms with Crippen molar-refractivity contribution >= 4 is 5.91 Å². The van der Waals surface area contributed by atoms with Gasteiger partial charge < -0.3 is 9.84 Å². The van der Waals surface area contributed by atoms with Crippen molar-refractivity contribution in [3.8, 4) is 0 Å². The van der Waals surface area contributed by atoms with E-state index < -0.39 is 0 Å². The summed E-state index contributed by atoms with van der Waals surface area (Å²) in [5.41, 5.74) is 4.51. The van der Waals surface area contributed by atoms with Gasteiger partial charge in [0, 0.05) is 25.7 Å². The molecule has 0 radical (unpaired) electrons. The standard InChI is InChI=1S/C17H21N3O2/c1-11-15(12(2)22-19-11)10-20-9-14-7-5-4-6-13(14)8-16(20)17(21)18-3/h4-7,16H,8-10H2,1-3H3,(H,18,21)/t16-/m0/s1. The molecular weight excluding hydrogens is 278 g/mol. The molecule has 5 nitrogen and oxygen atoms in total. The Morgan fingerprint density at radius 2 is 2.09 bits per heavy atom. The van der Waals surface area contributed by atoms with Gasteiger partial charge in [-0.25, -0.2) is 0 Å². The Morgan fingerprint density at radius 1 is 1.36 bits per heavy atom. The van der Waals surface area contributed by atoms with Crippen LogP contribution >= 0.6 is 0 Å². The Kier molecular flexibility index (Phi) is 3.98. The number of aromatic nitrogens is 1. The number of aryl methyl sites for hydroxylation is 2. The minimum Gasteiger partial charge on any atom is -0.361 e. The SMILES string of the molecule is CNC(=O)[C@@H]1Cc2ccccc2CN1Cc1c(C)noc1C. The van der Waals surface area contributed by atoms with Crippen molar-refractivity contribution in [2.45, 2.75) is 39.4 Å². The number of nitrogens with zero attached hydrogens (tertiary/aromatic N) is 2. The van der Waals surface area contributed by atoms with Crippen molar-refractivity contribution in [3.05, 3.63) is 52.4 Å². The van der Waals surface area contributed by atoms with Gasteiger partial charge in [0.05, 0.1) is 11.7 Å². The van der Waals surface area contributed by atoms with E-state index in [0.717, 1.165) is 30.0 Å². The molecule has 5 heteroatoms. The van der Waals surface area contributed by atoms with Gasteiger partial charge in [0.15, 0.2) is 0 Å². The maximum atomic E-state index is 12.3. The summed E-state index contributed by atoms with van der Waals surface area (Å²) in [5.74, 6) is 0.883. The predicted octanol–water partition coefficient (Wildman–Crippen LogP) is 1.96. The summed E-state index contributed by atoms with van der Waals surface area (Å²) in [6, 6.07) is 8.17. The first-order valence-electron chi connectivity index (χ1n) is 7.54. The molecular formula is C17H21N3O2. The molecule has 0 bridgehead atoms. The van der Waals surface area contributed by atoms with Crippen LogP contribution in [0.5, 0.6) is 0 Å². The molecule has 0 saturated heterocycles. The Labute approximate surface area is 130 Å². The van der Waals surface area contributed by atoms with Crippen LogP contribution in [-0.2, 0) is 24.3 Å². The maximum Gasteiger partial charge on any atom is 0.237 e. The average molecular weight is 299 g/mol. The predicted molar refractivity (Wildman–Crippen MR) is 83.2 cm³/mol. The van der Waals surface area contributed by atoms with Crippen molar-refractivity contribution in [1.29, 1.82) is 0 Å². The van der Waals surface area contributed by atoms with Crippen LogP contribution in [0.15, 0.2) is 28.8 Å². The van der Waals surface area contributed by atoms with Crippen molar-refractivity contribution in [3.63, 3.8) is 0 Å². The molecule has 1 aromatic heterocycles.